The van der Waals surface area contributed by atoms with Crippen molar-refractivity contribution in [3.05, 3.63) is 34.9 Å². The van der Waals surface area contributed by atoms with Crippen LogP contribution in [0.5, 0.6) is 0 Å². The molecule has 1 saturated heterocycles. The number of carbonyl (C=O) groups excluding carboxylic acids is 1. The summed E-state index contributed by atoms with van der Waals surface area (Å²) in [5.41, 5.74) is 0.650. The Labute approximate surface area is 94.0 Å². The van der Waals surface area contributed by atoms with Crippen LogP contribution in [-0.4, -0.2) is 37.0 Å². The highest BCUT2D eigenvalue weighted by molar-refractivity contribution is 6.30. The van der Waals surface area contributed by atoms with Gasteiger partial charge in [0.05, 0.1) is 6.04 Å². The van der Waals surface area contributed by atoms with Crippen LogP contribution >= 0.6 is 11.6 Å². The van der Waals surface area contributed by atoms with Gasteiger partial charge in [-0.15, -0.1) is 0 Å². The molecule has 1 heterocycles. The van der Waals surface area contributed by atoms with E-state index in [1.165, 1.54) is 0 Å². The van der Waals surface area contributed by atoms with E-state index in [1.807, 2.05) is 7.05 Å². The minimum atomic E-state index is 0.0315. The van der Waals surface area contributed by atoms with E-state index in [9.17, 15) is 4.79 Å². The summed E-state index contributed by atoms with van der Waals surface area (Å²) >= 11 is 5.84. The molecule has 0 spiro atoms. The zero-order valence-corrected chi connectivity index (χ0v) is 9.29. The van der Waals surface area contributed by atoms with Crippen molar-refractivity contribution < 1.29 is 4.79 Å². The maximum Gasteiger partial charge on any atom is 0.253 e. The van der Waals surface area contributed by atoms with Crippen LogP contribution in [-0.2, 0) is 0 Å². The molecule has 0 unspecified atom stereocenters. The summed E-state index contributed by atoms with van der Waals surface area (Å²) in [7, 11) is 1.83. The summed E-state index contributed by atoms with van der Waals surface area (Å²) in [6.07, 6.45) is 0. The van der Waals surface area contributed by atoms with Crippen molar-refractivity contribution >= 4 is 17.5 Å². The molecule has 1 aliphatic heterocycles. The molecule has 15 heavy (non-hydrogen) atoms. The summed E-state index contributed by atoms with van der Waals surface area (Å²) < 4.78 is 0. The van der Waals surface area contributed by atoms with E-state index >= 15 is 0 Å². The molecule has 1 aliphatic rings. The van der Waals surface area contributed by atoms with Crippen molar-refractivity contribution in [3.63, 3.8) is 0 Å². The minimum Gasteiger partial charge on any atom is -0.336 e. The van der Waals surface area contributed by atoms with E-state index in [0.717, 1.165) is 13.1 Å². The maximum atomic E-state index is 12.0. The fourth-order valence-electron chi connectivity index (χ4n) is 1.54. The number of rotatable bonds is 2. The van der Waals surface area contributed by atoms with Crippen molar-refractivity contribution in [1.82, 2.24) is 10.2 Å². The lowest BCUT2D eigenvalue weighted by Gasteiger charge is -2.35. The van der Waals surface area contributed by atoms with Crippen molar-refractivity contribution in [2.75, 3.05) is 20.1 Å². The first-order valence-corrected chi connectivity index (χ1v) is 5.30. The first-order chi connectivity index (χ1) is 7.18. The monoisotopic (exact) mass is 224 g/mol. The smallest absolute Gasteiger partial charge is 0.253 e. The van der Waals surface area contributed by atoms with Crippen LogP contribution in [0.1, 0.15) is 10.4 Å². The molecule has 1 fully saturated rings. The van der Waals surface area contributed by atoms with Gasteiger partial charge in [-0.05, 0) is 18.2 Å². The van der Waals surface area contributed by atoms with Crippen molar-refractivity contribution in [2.45, 2.75) is 6.04 Å². The van der Waals surface area contributed by atoms with Gasteiger partial charge in [-0.1, -0.05) is 17.7 Å². The Hall–Kier alpha value is -1.06. The number of benzene rings is 1. The number of nitrogens with one attached hydrogen (secondary N) is 1. The lowest BCUT2D eigenvalue weighted by atomic mass is 10.1. The Kier molecular flexibility index (Phi) is 2.93. The van der Waals surface area contributed by atoms with Gasteiger partial charge in [-0.3, -0.25) is 4.79 Å². The molecule has 3 nitrogen and oxygen atoms in total. The molecule has 0 saturated carbocycles. The van der Waals surface area contributed by atoms with E-state index in [2.05, 4.69) is 5.32 Å². The number of carbonyl (C=O) groups is 1. The second-order valence-corrected chi connectivity index (χ2v) is 4.17. The lowest BCUT2D eigenvalue weighted by Crippen LogP contribution is -2.57. The first-order valence-electron chi connectivity index (χ1n) is 4.92. The van der Waals surface area contributed by atoms with E-state index in [0.29, 0.717) is 16.6 Å². The SMILES string of the molecule is CN(C(=O)c1cccc(Cl)c1)C1CNC1. The predicted octanol–water partition coefficient (Wildman–Crippen LogP) is 1.38. The van der Waals surface area contributed by atoms with Gasteiger partial charge in [0.15, 0.2) is 0 Å². The third-order valence-electron chi connectivity index (χ3n) is 2.70. The van der Waals surface area contributed by atoms with Gasteiger partial charge in [0, 0.05) is 30.7 Å². The Morgan fingerprint density at radius 3 is 2.80 bits per heavy atom. The summed E-state index contributed by atoms with van der Waals surface area (Å²) in [5.74, 6) is 0.0315. The Morgan fingerprint density at radius 2 is 2.27 bits per heavy atom. The molecule has 1 aromatic rings. The van der Waals surface area contributed by atoms with Gasteiger partial charge in [0.2, 0.25) is 0 Å². The average Bonchev–Trinajstić information content (AvgIpc) is 2.14. The Bertz CT molecular complexity index is 377. The zero-order chi connectivity index (χ0) is 10.8. The number of likely N-dealkylation sites (N-methyl/N-ethyl adjacent to an activating group) is 1. The molecular formula is C11H13ClN2O. The predicted molar refractivity (Wildman–Crippen MR) is 60.2 cm³/mol. The number of nitrogens with zero attached hydrogens (tertiary/aromatic N) is 1. The highest BCUT2D eigenvalue weighted by Crippen LogP contribution is 2.14. The standard InChI is InChI=1S/C11H13ClN2O/c1-14(10-6-13-7-10)11(15)8-3-2-4-9(12)5-8/h2-5,10,13H,6-7H2,1H3. The molecular weight excluding hydrogens is 212 g/mol. The Balaban J connectivity index is 2.12. The fourth-order valence-corrected chi connectivity index (χ4v) is 1.73. The number of hydrogen-bond donors (Lipinski definition) is 1. The topological polar surface area (TPSA) is 32.3 Å². The van der Waals surface area contributed by atoms with Crippen LogP contribution in [0.2, 0.25) is 5.02 Å². The summed E-state index contributed by atoms with van der Waals surface area (Å²) in [6, 6.07) is 7.37. The van der Waals surface area contributed by atoms with Crippen LogP contribution in [0.25, 0.3) is 0 Å². The van der Waals surface area contributed by atoms with Crippen LogP contribution in [0.15, 0.2) is 24.3 Å². The quantitative estimate of drug-likeness (QED) is 0.824. The van der Waals surface area contributed by atoms with Gasteiger partial charge >= 0.3 is 0 Å². The molecule has 80 valence electrons. The van der Waals surface area contributed by atoms with Crippen molar-refractivity contribution in [1.29, 1.82) is 0 Å². The van der Waals surface area contributed by atoms with Gasteiger partial charge in [0.25, 0.3) is 5.91 Å². The molecule has 0 bridgehead atoms. The highest BCUT2D eigenvalue weighted by Gasteiger charge is 2.25. The largest absolute Gasteiger partial charge is 0.336 e. The van der Waals surface area contributed by atoms with E-state index in [1.54, 1.807) is 29.2 Å². The number of hydrogen-bond acceptors (Lipinski definition) is 2. The average molecular weight is 225 g/mol. The summed E-state index contributed by atoms with van der Waals surface area (Å²) in [6.45, 7) is 1.76. The molecule has 0 radical (unpaired) electrons. The summed E-state index contributed by atoms with van der Waals surface area (Å²) in [5, 5.41) is 3.74. The van der Waals surface area contributed by atoms with Crippen LogP contribution in [0.3, 0.4) is 0 Å². The van der Waals surface area contributed by atoms with E-state index < -0.39 is 0 Å². The third-order valence-corrected chi connectivity index (χ3v) is 2.93. The molecule has 0 aliphatic carbocycles. The maximum absolute atomic E-state index is 12.0. The molecule has 1 N–H and O–H groups in total. The fraction of sp³-hybridized carbons (Fsp3) is 0.364. The van der Waals surface area contributed by atoms with Gasteiger partial charge in [0.1, 0.15) is 0 Å². The molecule has 1 aromatic carbocycles. The van der Waals surface area contributed by atoms with E-state index in [4.69, 9.17) is 11.6 Å². The number of halogens is 1. The van der Waals surface area contributed by atoms with Crippen LogP contribution in [0, 0.1) is 0 Å². The summed E-state index contributed by atoms with van der Waals surface area (Å²) in [4.78, 5) is 13.7. The molecule has 4 heteroatoms. The molecule has 0 aromatic heterocycles. The second-order valence-electron chi connectivity index (χ2n) is 3.74. The van der Waals surface area contributed by atoms with Crippen molar-refractivity contribution in [3.8, 4) is 0 Å². The van der Waals surface area contributed by atoms with Gasteiger partial charge in [-0.2, -0.15) is 0 Å². The molecule has 0 atom stereocenters. The number of amides is 1. The molecule has 1 amide bonds. The highest BCUT2D eigenvalue weighted by atomic mass is 35.5. The normalized spacial score (nSPS) is 15.9. The van der Waals surface area contributed by atoms with Crippen molar-refractivity contribution in [2.24, 2.45) is 0 Å². The molecule has 2 rings (SSSR count). The Morgan fingerprint density at radius 1 is 1.53 bits per heavy atom. The van der Waals surface area contributed by atoms with Gasteiger partial charge < -0.3 is 10.2 Å². The van der Waals surface area contributed by atoms with E-state index in [-0.39, 0.29) is 5.91 Å². The van der Waals surface area contributed by atoms with Crippen LogP contribution < -0.4 is 5.32 Å². The van der Waals surface area contributed by atoms with Gasteiger partial charge in [-0.25, -0.2) is 0 Å². The first kappa shape index (κ1) is 10.5. The van der Waals surface area contributed by atoms with Crippen LogP contribution in [0.4, 0.5) is 0 Å². The third kappa shape index (κ3) is 2.13. The minimum absolute atomic E-state index is 0.0315. The lowest BCUT2D eigenvalue weighted by molar-refractivity contribution is 0.0681. The second kappa shape index (κ2) is 4.21. The zero-order valence-electron chi connectivity index (χ0n) is 8.53.